The van der Waals surface area contributed by atoms with Crippen molar-refractivity contribution in [2.24, 2.45) is 0 Å². The van der Waals surface area contributed by atoms with E-state index in [4.69, 9.17) is 4.84 Å². The molecule has 1 fully saturated rings. The number of sulfonamides is 1. The molecule has 0 saturated carbocycles. The van der Waals surface area contributed by atoms with E-state index in [9.17, 15) is 17.9 Å². The normalized spacial score (nSPS) is 21.9. The Bertz CT molecular complexity index is 536. The third-order valence-electron chi connectivity index (χ3n) is 2.21. The van der Waals surface area contributed by atoms with Crippen LogP contribution in [0.1, 0.15) is 0 Å². The van der Waals surface area contributed by atoms with Crippen LogP contribution in [0.25, 0.3) is 0 Å². The summed E-state index contributed by atoms with van der Waals surface area (Å²) in [5.74, 6) is -0.871. The number of halogens is 2. The van der Waals surface area contributed by atoms with Gasteiger partial charge in [0.15, 0.2) is 0 Å². The molecule has 0 aromatic heterocycles. The standard InChI is InChI=1S/C9H9BrFNO4S/c10-6-1-2-9(8(11)3-6)17(14,15)12-4-7(13)5-16-12/h1-3,7,13H,4-5H2. The first-order chi connectivity index (χ1) is 7.91. The lowest BCUT2D eigenvalue weighted by atomic mass is 10.3. The highest BCUT2D eigenvalue weighted by Gasteiger charge is 2.34. The van der Waals surface area contributed by atoms with Crippen molar-refractivity contribution in [2.45, 2.75) is 11.0 Å². The lowest BCUT2D eigenvalue weighted by Gasteiger charge is -2.14. The molecule has 1 unspecified atom stereocenters. The average Bonchev–Trinajstić information content (AvgIpc) is 2.64. The first-order valence-electron chi connectivity index (χ1n) is 4.70. The van der Waals surface area contributed by atoms with Gasteiger partial charge in [0, 0.05) is 4.47 Å². The highest BCUT2D eigenvalue weighted by molar-refractivity contribution is 9.10. The van der Waals surface area contributed by atoms with Gasteiger partial charge in [-0.3, -0.25) is 4.84 Å². The number of benzene rings is 1. The third-order valence-corrected chi connectivity index (χ3v) is 4.38. The molecule has 0 spiro atoms. The minimum Gasteiger partial charge on any atom is -0.389 e. The van der Waals surface area contributed by atoms with Crippen LogP contribution in [0.2, 0.25) is 0 Å². The molecule has 0 radical (unpaired) electrons. The molecule has 0 aliphatic carbocycles. The Labute approximate surface area is 106 Å². The monoisotopic (exact) mass is 325 g/mol. The van der Waals surface area contributed by atoms with Gasteiger partial charge in [0.1, 0.15) is 10.7 Å². The maximum absolute atomic E-state index is 13.5. The van der Waals surface area contributed by atoms with Crippen molar-refractivity contribution < 1.29 is 22.8 Å². The predicted octanol–water partition coefficient (Wildman–Crippen LogP) is 0.885. The zero-order valence-corrected chi connectivity index (χ0v) is 10.9. The molecule has 1 atom stereocenters. The summed E-state index contributed by atoms with van der Waals surface area (Å²) in [7, 11) is -4.06. The Morgan fingerprint density at radius 3 is 2.76 bits per heavy atom. The SMILES string of the molecule is O=S(=O)(c1ccc(Br)cc1F)N1CC(O)CO1. The number of hydroxylamine groups is 1. The smallest absolute Gasteiger partial charge is 0.268 e. The number of hydrogen-bond donors (Lipinski definition) is 1. The van der Waals surface area contributed by atoms with Crippen LogP contribution in [0.5, 0.6) is 0 Å². The lowest BCUT2D eigenvalue weighted by molar-refractivity contribution is -0.0318. The highest BCUT2D eigenvalue weighted by atomic mass is 79.9. The molecule has 1 aromatic rings. The van der Waals surface area contributed by atoms with E-state index in [1.165, 1.54) is 6.07 Å². The van der Waals surface area contributed by atoms with Gasteiger partial charge >= 0.3 is 0 Å². The summed E-state index contributed by atoms with van der Waals surface area (Å²) in [5.41, 5.74) is 0. The fourth-order valence-electron chi connectivity index (χ4n) is 1.41. The molecule has 1 aliphatic rings. The molecule has 1 aromatic carbocycles. The number of aliphatic hydroxyl groups excluding tert-OH is 1. The van der Waals surface area contributed by atoms with E-state index in [0.29, 0.717) is 8.94 Å². The van der Waals surface area contributed by atoms with E-state index in [0.717, 1.165) is 12.1 Å². The Morgan fingerprint density at radius 1 is 1.53 bits per heavy atom. The number of rotatable bonds is 2. The van der Waals surface area contributed by atoms with Gasteiger partial charge in [0.05, 0.1) is 19.3 Å². The maximum Gasteiger partial charge on any atom is 0.268 e. The predicted molar refractivity (Wildman–Crippen MR) is 60.0 cm³/mol. The zero-order chi connectivity index (χ0) is 12.6. The van der Waals surface area contributed by atoms with Crippen molar-refractivity contribution in [3.05, 3.63) is 28.5 Å². The van der Waals surface area contributed by atoms with Crippen molar-refractivity contribution in [2.75, 3.05) is 13.2 Å². The zero-order valence-electron chi connectivity index (χ0n) is 8.51. The van der Waals surface area contributed by atoms with Crippen LogP contribution in [-0.2, 0) is 14.9 Å². The molecule has 1 N–H and O–H groups in total. The van der Waals surface area contributed by atoms with Crippen LogP contribution in [-0.4, -0.2) is 37.2 Å². The molecule has 0 amide bonds. The topological polar surface area (TPSA) is 66.8 Å². The van der Waals surface area contributed by atoms with Gasteiger partial charge in [-0.05, 0) is 18.2 Å². The first-order valence-corrected chi connectivity index (χ1v) is 6.93. The van der Waals surface area contributed by atoms with E-state index >= 15 is 0 Å². The lowest BCUT2D eigenvalue weighted by Crippen LogP contribution is -2.29. The van der Waals surface area contributed by atoms with Crippen molar-refractivity contribution in [3.63, 3.8) is 0 Å². The molecular formula is C9H9BrFNO4S. The van der Waals surface area contributed by atoms with Crippen molar-refractivity contribution in [1.82, 2.24) is 4.47 Å². The van der Waals surface area contributed by atoms with E-state index in [1.54, 1.807) is 0 Å². The van der Waals surface area contributed by atoms with Gasteiger partial charge in [-0.1, -0.05) is 20.4 Å². The summed E-state index contributed by atoms with van der Waals surface area (Å²) in [5, 5.41) is 9.19. The fourth-order valence-corrected chi connectivity index (χ4v) is 3.07. The molecular weight excluding hydrogens is 317 g/mol. The third kappa shape index (κ3) is 2.50. The van der Waals surface area contributed by atoms with Gasteiger partial charge in [-0.25, -0.2) is 12.8 Å². The molecule has 1 saturated heterocycles. The van der Waals surface area contributed by atoms with Crippen LogP contribution in [0.4, 0.5) is 4.39 Å². The number of nitrogens with zero attached hydrogens (tertiary/aromatic N) is 1. The van der Waals surface area contributed by atoms with Crippen molar-refractivity contribution in [1.29, 1.82) is 0 Å². The van der Waals surface area contributed by atoms with Crippen LogP contribution < -0.4 is 0 Å². The summed E-state index contributed by atoms with van der Waals surface area (Å²) in [6, 6.07) is 3.62. The number of aliphatic hydroxyl groups is 1. The molecule has 17 heavy (non-hydrogen) atoms. The molecule has 1 aliphatic heterocycles. The summed E-state index contributed by atoms with van der Waals surface area (Å²) in [6.45, 7) is -0.310. The van der Waals surface area contributed by atoms with Crippen LogP contribution >= 0.6 is 15.9 Å². The van der Waals surface area contributed by atoms with Gasteiger partial charge in [0.2, 0.25) is 0 Å². The second kappa shape index (κ2) is 4.62. The minimum atomic E-state index is -4.06. The first kappa shape index (κ1) is 12.9. The van der Waals surface area contributed by atoms with Crippen molar-refractivity contribution >= 4 is 26.0 Å². The highest BCUT2D eigenvalue weighted by Crippen LogP contribution is 2.24. The largest absolute Gasteiger partial charge is 0.389 e. The quantitative estimate of drug-likeness (QED) is 0.876. The molecule has 94 valence electrons. The fraction of sp³-hybridized carbons (Fsp3) is 0.333. The van der Waals surface area contributed by atoms with Crippen LogP contribution in [0, 0.1) is 5.82 Å². The van der Waals surface area contributed by atoms with Gasteiger partial charge in [0.25, 0.3) is 10.0 Å². The van der Waals surface area contributed by atoms with E-state index in [2.05, 4.69) is 15.9 Å². The van der Waals surface area contributed by atoms with E-state index < -0.39 is 26.8 Å². The van der Waals surface area contributed by atoms with Gasteiger partial charge in [-0.15, -0.1) is 0 Å². The Morgan fingerprint density at radius 2 is 2.24 bits per heavy atom. The molecule has 2 rings (SSSR count). The number of β-amino-alcohol motifs (C(OH)–C–C–N with tert-alkyl or cyclic N) is 1. The Balaban J connectivity index is 2.38. The van der Waals surface area contributed by atoms with Gasteiger partial charge < -0.3 is 5.11 Å². The number of hydrogen-bond acceptors (Lipinski definition) is 4. The second-order valence-electron chi connectivity index (χ2n) is 3.51. The summed E-state index contributed by atoms with van der Waals surface area (Å²) in [6.07, 6.45) is -0.886. The summed E-state index contributed by atoms with van der Waals surface area (Å²) < 4.78 is 38.5. The van der Waals surface area contributed by atoms with Gasteiger partial charge in [-0.2, -0.15) is 0 Å². The molecule has 0 bridgehead atoms. The molecule has 5 nitrogen and oxygen atoms in total. The van der Waals surface area contributed by atoms with E-state index in [1.807, 2.05) is 0 Å². The maximum atomic E-state index is 13.5. The van der Waals surface area contributed by atoms with Crippen LogP contribution in [0.3, 0.4) is 0 Å². The van der Waals surface area contributed by atoms with Crippen molar-refractivity contribution in [3.8, 4) is 0 Å². The van der Waals surface area contributed by atoms with Crippen LogP contribution in [0.15, 0.2) is 27.6 Å². The second-order valence-corrected chi connectivity index (χ2v) is 6.23. The molecule has 8 heteroatoms. The summed E-state index contributed by atoms with van der Waals surface area (Å²) in [4.78, 5) is 4.31. The van der Waals surface area contributed by atoms with E-state index in [-0.39, 0.29) is 13.2 Å². The minimum absolute atomic E-state index is 0.114. The average molecular weight is 326 g/mol. The summed E-state index contributed by atoms with van der Waals surface area (Å²) >= 11 is 3.04. The Kier molecular flexibility index (Phi) is 3.50. The molecule has 1 heterocycles. The Hall–Kier alpha value is -0.540.